The van der Waals surface area contributed by atoms with Gasteiger partial charge in [0, 0.05) is 6.54 Å². The fourth-order valence-electron chi connectivity index (χ4n) is 2.59. The molecule has 3 nitrogen and oxygen atoms in total. The van der Waals surface area contributed by atoms with Crippen LogP contribution in [0.2, 0.25) is 0 Å². The van der Waals surface area contributed by atoms with Gasteiger partial charge >= 0.3 is 0 Å². The maximum Gasteiger partial charge on any atom is 0.0807 e. The van der Waals surface area contributed by atoms with E-state index in [1.54, 1.807) is 0 Å². The highest BCUT2D eigenvalue weighted by atomic mass is 16.5. The minimum Gasteiger partial charge on any atom is -0.373 e. The largest absolute Gasteiger partial charge is 0.373 e. The van der Waals surface area contributed by atoms with E-state index >= 15 is 0 Å². The van der Waals surface area contributed by atoms with E-state index in [1.165, 1.54) is 12.8 Å². The van der Waals surface area contributed by atoms with Crippen LogP contribution in [0, 0.1) is 5.92 Å². The molecule has 17 heavy (non-hydrogen) atoms. The predicted octanol–water partition coefficient (Wildman–Crippen LogP) is 2.73. The Bertz CT molecular complexity index is 225. The van der Waals surface area contributed by atoms with Gasteiger partial charge < -0.3 is 15.2 Å². The molecular weight excluding hydrogens is 214 g/mol. The lowest BCUT2D eigenvalue weighted by Crippen LogP contribution is -2.45. The van der Waals surface area contributed by atoms with Crippen molar-refractivity contribution in [3.63, 3.8) is 0 Å². The Morgan fingerprint density at radius 2 is 2.00 bits per heavy atom. The van der Waals surface area contributed by atoms with Crippen LogP contribution in [0.15, 0.2) is 0 Å². The average Bonchev–Trinajstić information content (AvgIpc) is 2.23. The summed E-state index contributed by atoms with van der Waals surface area (Å²) < 4.78 is 11.7. The zero-order chi connectivity index (χ0) is 12.9. The van der Waals surface area contributed by atoms with Crippen LogP contribution in [0.1, 0.15) is 53.4 Å². The molecule has 0 aromatic carbocycles. The predicted molar refractivity (Wildman–Crippen MR) is 71.1 cm³/mol. The summed E-state index contributed by atoms with van der Waals surface area (Å²) in [5.41, 5.74) is 5.73. The third kappa shape index (κ3) is 5.36. The van der Waals surface area contributed by atoms with Crippen molar-refractivity contribution in [2.24, 2.45) is 11.7 Å². The van der Waals surface area contributed by atoms with Crippen LogP contribution < -0.4 is 5.73 Å². The minimum absolute atomic E-state index is 0.0842. The molecule has 0 radical (unpaired) electrons. The maximum absolute atomic E-state index is 6.04. The number of rotatable bonds is 5. The highest BCUT2D eigenvalue weighted by Crippen LogP contribution is 2.34. The summed E-state index contributed by atoms with van der Waals surface area (Å²) >= 11 is 0. The second-order valence-electron chi connectivity index (χ2n) is 6.40. The van der Waals surface area contributed by atoms with Crippen molar-refractivity contribution in [2.75, 3.05) is 19.8 Å². The van der Waals surface area contributed by atoms with Crippen LogP contribution in [0.5, 0.6) is 0 Å². The smallest absolute Gasteiger partial charge is 0.0807 e. The van der Waals surface area contributed by atoms with Gasteiger partial charge in [0.2, 0.25) is 0 Å². The standard InChI is InChI=1S/C14H29NO2/c1-12-6-5-7-14(10-12,11-15)17-9-8-16-13(2,3)4/h12H,5-11,15H2,1-4H3. The van der Waals surface area contributed by atoms with Crippen molar-refractivity contribution in [1.82, 2.24) is 0 Å². The molecule has 0 amide bonds. The molecule has 0 aliphatic heterocycles. The van der Waals surface area contributed by atoms with Crippen LogP contribution in [0.3, 0.4) is 0 Å². The zero-order valence-corrected chi connectivity index (χ0v) is 11.9. The van der Waals surface area contributed by atoms with Crippen molar-refractivity contribution in [3.05, 3.63) is 0 Å². The van der Waals surface area contributed by atoms with Crippen LogP contribution in [-0.4, -0.2) is 31.0 Å². The highest BCUT2D eigenvalue weighted by molar-refractivity contribution is 4.88. The average molecular weight is 243 g/mol. The number of ether oxygens (including phenoxy) is 2. The van der Waals surface area contributed by atoms with Gasteiger partial charge in [0.1, 0.15) is 0 Å². The summed E-state index contributed by atoms with van der Waals surface area (Å²) in [7, 11) is 0. The molecule has 0 aromatic heterocycles. The van der Waals surface area contributed by atoms with Crippen molar-refractivity contribution in [1.29, 1.82) is 0 Å². The maximum atomic E-state index is 6.04. The monoisotopic (exact) mass is 243 g/mol. The van der Waals surface area contributed by atoms with E-state index in [4.69, 9.17) is 15.2 Å². The van der Waals surface area contributed by atoms with E-state index in [-0.39, 0.29) is 11.2 Å². The van der Waals surface area contributed by atoms with E-state index in [9.17, 15) is 0 Å². The fraction of sp³-hybridized carbons (Fsp3) is 1.00. The molecule has 1 rings (SSSR count). The summed E-state index contributed by atoms with van der Waals surface area (Å²) in [5.74, 6) is 0.732. The minimum atomic E-state index is -0.0844. The Kier molecular flexibility index (Phi) is 5.42. The summed E-state index contributed by atoms with van der Waals surface area (Å²) in [6, 6.07) is 0. The number of hydrogen-bond donors (Lipinski definition) is 1. The molecule has 3 heteroatoms. The molecule has 2 atom stereocenters. The zero-order valence-electron chi connectivity index (χ0n) is 11.9. The third-order valence-electron chi connectivity index (χ3n) is 3.45. The summed E-state index contributed by atoms with van der Waals surface area (Å²) in [4.78, 5) is 0. The first-order valence-corrected chi connectivity index (χ1v) is 6.85. The van der Waals surface area contributed by atoms with Gasteiger partial charge in [-0.2, -0.15) is 0 Å². The summed E-state index contributed by atoms with van der Waals surface area (Å²) in [6.45, 7) is 10.4. The number of nitrogens with two attached hydrogens (primary N) is 1. The van der Waals surface area contributed by atoms with Crippen LogP contribution in [-0.2, 0) is 9.47 Å². The molecule has 0 saturated heterocycles. The Morgan fingerprint density at radius 3 is 2.53 bits per heavy atom. The SMILES string of the molecule is CC1CCCC(CN)(OCCOC(C)(C)C)C1. The first-order chi connectivity index (χ1) is 7.87. The lowest BCUT2D eigenvalue weighted by atomic mass is 9.79. The summed E-state index contributed by atoms with van der Waals surface area (Å²) in [6.07, 6.45) is 4.74. The quantitative estimate of drug-likeness (QED) is 0.755. The van der Waals surface area contributed by atoms with Crippen molar-refractivity contribution < 1.29 is 9.47 Å². The van der Waals surface area contributed by atoms with E-state index < -0.39 is 0 Å². The Labute approximate surface area is 106 Å². The third-order valence-corrected chi connectivity index (χ3v) is 3.45. The van der Waals surface area contributed by atoms with Crippen molar-refractivity contribution in [3.8, 4) is 0 Å². The molecule has 2 N–H and O–H groups in total. The molecule has 2 unspecified atom stereocenters. The fourth-order valence-corrected chi connectivity index (χ4v) is 2.59. The van der Waals surface area contributed by atoms with Gasteiger partial charge in [-0.05, 0) is 39.5 Å². The van der Waals surface area contributed by atoms with Gasteiger partial charge in [-0.1, -0.05) is 19.8 Å². The van der Waals surface area contributed by atoms with Gasteiger partial charge in [0.05, 0.1) is 24.4 Å². The van der Waals surface area contributed by atoms with Crippen molar-refractivity contribution in [2.45, 2.75) is 64.6 Å². The first kappa shape index (κ1) is 14.9. The normalized spacial score (nSPS) is 30.5. The highest BCUT2D eigenvalue weighted by Gasteiger charge is 2.34. The molecule has 102 valence electrons. The molecule has 1 saturated carbocycles. The second kappa shape index (κ2) is 6.17. The van der Waals surface area contributed by atoms with E-state index in [0.29, 0.717) is 19.8 Å². The molecule has 0 bridgehead atoms. The number of hydrogen-bond acceptors (Lipinski definition) is 3. The molecule has 0 heterocycles. The Balaban J connectivity index is 2.31. The van der Waals surface area contributed by atoms with Crippen LogP contribution in [0.4, 0.5) is 0 Å². The van der Waals surface area contributed by atoms with E-state index in [1.807, 2.05) is 0 Å². The summed E-state index contributed by atoms with van der Waals surface area (Å²) in [5, 5.41) is 0. The topological polar surface area (TPSA) is 44.5 Å². The lowest BCUT2D eigenvalue weighted by Gasteiger charge is -2.39. The van der Waals surface area contributed by atoms with E-state index in [0.717, 1.165) is 18.8 Å². The molecule has 1 aliphatic rings. The molecule has 1 fully saturated rings. The van der Waals surface area contributed by atoms with Gasteiger partial charge in [-0.25, -0.2) is 0 Å². The van der Waals surface area contributed by atoms with Crippen LogP contribution in [0.25, 0.3) is 0 Å². The van der Waals surface area contributed by atoms with Gasteiger partial charge in [-0.3, -0.25) is 0 Å². The van der Waals surface area contributed by atoms with Gasteiger partial charge in [-0.15, -0.1) is 0 Å². The second-order valence-corrected chi connectivity index (χ2v) is 6.40. The molecular formula is C14H29NO2. The molecule has 0 spiro atoms. The van der Waals surface area contributed by atoms with Crippen LogP contribution >= 0.6 is 0 Å². The molecule has 0 aromatic rings. The molecule has 1 aliphatic carbocycles. The van der Waals surface area contributed by atoms with E-state index in [2.05, 4.69) is 27.7 Å². The Hall–Kier alpha value is -0.120. The Morgan fingerprint density at radius 1 is 1.29 bits per heavy atom. The van der Waals surface area contributed by atoms with Gasteiger partial charge in [0.25, 0.3) is 0 Å². The first-order valence-electron chi connectivity index (χ1n) is 6.85. The lowest BCUT2D eigenvalue weighted by molar-refractivity contribution is -0.108. The van der Waals surface area contributed by atoms with Gasteiger partial charge in [0.15, 0.2) is 0 Å². The van der Waals surface area contributed by atoms with Crippen molar-refractivity contribution >= 4 is 0 Å².